The largest absolute Gasteiger partial charge is 0.483 e. The first kappa shape index (κ1) is 15.0. The van der Waals surface area contributed by atoms with Crippen molar-refractivity contribution in [2.75, 3.05) is 11.9 Å². The minimum absolute atomic E-state index is 0.00783. The van der Waals surface area contributed by atoms with Crippen molar-refractivity contribution in [1.29, 1.82) is 0 Å². The number of pyridine rings is 1. The number of carbonyl (C=O) groups is 1. The maximum Gasteiger partial charge on any atom is 0.262 e. The Morgan fingerprint density at radius 3 is 2.43 bits per heavy atom. The number of rotatable bonds is 4. The molecule has 0 saturated carbocycles. The summed E-state index contributed by atoms with van der Waals surface area (Å²) in [5.74, 6) is 0.599. The smallest absolute Gasteiger partial charge is 0.262 e. The van der Waals surface area contributed by atoms with Crippen molar-refractivity contribution >= 4 is 11.6 Å². The predicted octanol–water partition coefficient (Wildman–Crippen LogP) is 3.33. The molecule has 0 atom stereocenters. The number of aromatic nitrogens is 1. The molecule has 0 bridgehead atoms. The molecule has 1 aromatic heterocycles. The fourth-order valence-corrected chi connectivity index (χ4v) is 2.35. The molecule has 0 fully saturated rings. The van der Waals surface area contributed by atoms with Crippen LogP contribution < -0.4 is 10.1 Å². The molecule has 4 heteroatoms. The summed E-state index contributed by atoms with van der Waals surface area (Å²) in [4.78, 5) is 16.0. The Morgan fingerprint density at radius 2 is 1.81 bits per heavy atom. The minimum Gasteiger partial charge on any atom is -0.483 e. The zero-order chi connectivity index (χ0) is 15.4. The number of benzene rings is 1. The van der Waals surface area contributed by atoms with E-state index in [1.165, 1.54) is 5.56 Å². The van der Waals surface area contributed by atoms with Crippen LogP contribution in [0.1, 0.15) is 22.4 Å². The van der Waals surface area contributed by atoms with Gasteiger partial charge in [0.25, 0.3) is 5.91 Å². The Bertz CT molecular complexity index is 643. The van der Waals surface area contributed by atoms with E-state index in [1.54, 1.807) is 12.3 Å². The standard InChI is InChI=1S/C17H20N2O2/c1-11-7-12(2)17(13(3)8-11)21-10-16(20)19-15-5-6-18-14(4)9-15/h5-9H,10H2,1-4H3,(H,18,19,20). The highest BCUT2D eigenvalue weighted by atomic mass is 16.5. The van der Waals surface area contributed by atoms with E-state index in [-0.39, 0.29) is 12.5 Å². The maximum atomic E-state index is 11.9. The number of hydrogen-bond donors (Lipinski definition) is 1. The number of nitrogens with zero attached hydrogens (tertiary/aromatic N) is 1. The van der Waals surface area contributed by atoms with Gasteiger partial charge in [-0.05, 0) is 51.0 Å². The molecule has 0 radical (unpaired) electrons. The molecule has 2 rings (SSSR count). The second-order valence-electron chi connectivity index (χ2n) is 5.25. The quantitative estimate of drug-likeness (QED) is 0.937. The Kier molecular flexibility index (Phi) is 4.58. The summed E-state index contributed by atoms with van der Waals surface area (Å²) in [5.41, 5.74) is 4.86. The molecular weight excluding hydrogens is 264 g/mol. The molecule has 0 aliphatic carbocycles. The van der Waals surface area contributed by atoms with Crippen LogP contribution in [-0.2, 0) is 4.79 Å². The molecular formula is C17H20N2O2. The van der Waals surface area contributed by atoms with Crippen LogP contribution in [0.15, 0.2) is 30.5 Å². The topological polar surface area (TPSA) is 51.2 Å². The van der Waals surface area contributed by atoms with Gasteiger partial charge in [-0.2, -0.15) is 0 Å². The molecule has 1 N–H and O–H groups in total. The van der Waals surface area contributed by atoms with Gasteiger partial charge in [-0.1, -0.05) is 17.7 Å². The van der Waals surface area contributed by atoms with E-state index in [4.69, 9.17) is 4.74 Å². The van der Waals surface area contributed by atoms with Gasteiger partial charge in [-0.3, -0.25) is 9.78 Å². The molecule has 0 spiro atoms. The SMILES string of the molecule is Cc1cc(C)c(OCC(=O)Nc2ccnc(C)c2)c(C)c1. The fraction of sp³-hybridized carbons (Fsp3) is 0.294. The van der Waals surface area contributed by atoms with Crippen LogP contribution in [0.3, 0.4) is 0 Å². The number of nitrogens with one attached hydrogen (secondary N) is 1. The zero-order valence-corrected chi connectivity index (χ0v) is 12.9. The lowest BCUT2D eigenvalue weighted by molar-refractivity contribution is -0.118. The lowest BCUT2D eigenvalue weighted by atomic mass is 10.1. The van der Waals surface area contributed by atoms with E-state index in [1.807, 2.05) is 45.9 Å². The van der Waals surface area contributed by atoms with E-state index in [0.29, 0.717) is 0 Å². The maximum absolute atomic E-state index is 11.9. The lowest BCUT2D eigenvalue weighted by Gasteiger charge is -2.13. The second kappa shape index (κ2) is 6.39. The Labute approximate surface area is 125 Å². The molecule has 0 aliphatic rings. The summed E-state index contributed by atoms with van der Waals surface area (Å²) < 4.78 is 5.66. The average molecular weight is 284 g/mol. The van der Waals surface area contributed by atoms with Crippen molar-refractivity contribution in [1.82, 2.24) is 4.98 Å². The van der Waals surface area contributed by atoms with E-state index >= 15 is 0 Å². The first-order valence-corrected chi connectivity index (χ1v) is 6.89. The molecule has 2 aromatic rings. The van der Waals surface area contributed by atoms with E-state index < -0.39 is 0 Å². The van der Waals surface area contributed by atoms with Gasteiger partial charge in [0.2, 0.25) is 0 Å². The first-order valence-electron chi connectivity index (χ1n) is 6.89. The van der Waals surface area contributed by atoms with Gasteiger partial charge in [0, 0.05) is 17.6 Å². The highest BCUT2D eigenvalue weighted by Gasteiger charge is 2.08. The Hall–Kier alpha value is -2.36. The predicted molar refractivity (Wildman–Crippen MR) is 83.8 cm³/mol. The normalized spacial score (nSPS) is 10.3. The van der Waals surface area contributed by atoms with Gasteiger partial charge < -0.3 is 10.1 Å². The van der Waals surface area contributed by atoms with Crippen molar-refractivity contribution in [2.24, 2.45) is 0 Å². The molecule has 0 aliphatic heterocycles. The van der Waals surface area contributed by atoms with Crippen LogP contribution in [0.25, 0.3) is 0 Å². The van der Waals surface area contributed by atoms with Crippen LogP contribution in [0.4, 0.5) is 5.69 Å². The van der Waals surface area contributed by atoms with E-state index in [0.717, 1.165) is 28.3 Å². The first-order chi connectivity index (χ1) is 9.95. The monoisotopic (exact) mass is 284 g/mol. The highest BCUT2D eigenvalue weighted by Crippen LogP contribution is 2.24. The molecule has 0 unspecified atom stereocenters. The molecule has 21 heavy (non-hydrogen) atoms. The van der Waals surface area contributed by atoms with Gasteiger partial charge in [-0.15, -0.1) is 0 Å². The van der Waals surface area contributed by atoms with Gasteiger partial charge in [-0.25, -0.2) is 0 Å². The zero-order valence-electron chi connectivity index (χ0n) is 12.9. The third-order valence-electron chi connectivity index (χ3n) is 3.13. The second-order valence-corrected chi connectivity index (χ2v) is 5.25. The summed E-state index contributed by atoms with van der Waals surface area (Å²) in [5, 5.41) is 2.80. The number of carbonyl (C=O) groups excluding carboxylic acids is 1. The minimum atomic E-state index is -0.181. The van der Waals surface area contributed by atoms with Gasteiger partial charge >= 0.3 is 0 Å². The number of hydrogen-bond acceptors (Lipinski definition) is 3. The van der Waals surface area contributed by atoms with Crippen molar-refractivity contribution in [3.63, 3.8) is 0 Å². The molecule has 4 nitrogen and oxygen atoms in total. The third-order valence-corrected chi connectivity index (χ3v) is 3.13. The molecule has 110 valence electrons. The Balaban J connectivity index is 1.99. The average Bonchev–Trinajstić information content (AvgIpc) is 2.37. The number of aryl methyl sites for hydroxylation is 4. The molecule has 0 saturated heterocycles. The van der Waals surface area contributed by atoms with Gasteiger partial charge in [0.15, 0.2) is 6.61 Å². The number of ether oxygens (including phenoxy) is 1. The summed E-state index contributed by atoms with van der Waals surface area (Å²) in [6, 6.07) is 7.67. The van der Waals surface area contributed by atoms with Crippen LogP contribution in [0, 0.1) is 27.7 Å². The van der Waals surface area contributed by atoms with Crippen molar-refractivity contribution in [3.8, 4) is 5.75 Å². The van der Waals surface area contributed by atoms with Crippen LogP contribution >= 0.6 is 0 Å². The van der Waals surface area contributed by atoms with E-state index in [9.17, 15) is 4.79 Å². The fourth-order valence-electron chi connectivity index (χ4n) is 2.35. The molecule has 1 heterocycles. The van der Waals surface area contributed by atoms with Crippen LogP contribution in [0.2, 0.25) is 0 Å². The summed E-state index contributed by atoms with van der Waals surface area (Å²) >= 11 is 0. The van der Waals surface area contributed by atoms with Crippen molar-refractivity contribution in [2.45, 2.75) is 27.7 Å². The highest BCUT2D eigenvalue weighted by molar-refractivity contribution is 5.91. The van der Waals surface area contributed by atoms with Gasteiger partial charge in [0.05, 0.1) is 0 Å². The summed E-state index contributed by atoms with van der Waals surface area (Å²) in [6.45, 7) is 7.89. The number of anilines is 1. The third kappa shape index (κ3) is 4.05. The lowest BCUT2D eigenvalue weighted by Crippen LogP contribution is -2.20. The summed E-state index contributed by atoms with van der Waals surface area (Å²) in [7, 11) is 0. The van der Waals surface area contributed by atoms with Crippen LogP contribution in [-0.4, -0.2) is 17.5 Å². The van der Waals surface area contributed by atoms with E-state index in [2.05, 4.69) is 10.3 Å². The Morgan fingerprint density at radius 1 is 1.14 bits per heavy atom. The van der Waals surface area contributed by atoms with Crippen molar-refractivity contribution < 1.29 is 9.53 Å². The summed E-state index contributed by atoms with van der Waals surface area (Å²) in [6.07, 6.45) is 1.67. The molecule has 1 aromatic carbocycles. The van der Waals surface area contributed by atoms with Crippen molar-refractivity contribution in [3.05, 3.63) is 52.8 Å². The van der Waals surface area contributed by atoms with Crippen LogP contribution in [0.5, 0.6) is 5.75 Å². The van der Waals surface area contributed by atoms with Gasteiger partial charge in [0.1, 0.15) is 5.75 Å². The number of amides is 1. The molecule has 1 amide bonds.